The van der Waals surface area contributed by atoms with Crippen LogP contribution in [0.4, 0.5) is 11.4 Å². The van der Waals surface area contributed by atoms with Crippen molar-refractivity contribution in [1.29, 1.82) is 0 Å². The molecule has 25 heavy (non-hydrogen) atoms. The summed E-state index contributed by atoms with van der Waals surface area (Å²) in [6.07, 6.45) is 0. The van der Waals surface area contributed by atoms with Gasteiger partial charge in [0.1, 0.15) is 6.54 Å². The Bertz CT molecular complexity index is 833. The van der Waals surface area contributed by atoms with Crippen LogP contribution in [0.25, 0.3) is 0 Å². The first-order valence-corrected chi connectivity index (χ1v) is 8.11. The number of carbonyl (C=O) groups excluding carboxylic acids is 3. The molecule has 1 N–H and O–H groups in total. The molecule has 0 aliphatic carbocycles. The van der Waals surface area contributed by atoms with E-state index in [4.69, 9.17) is 11.6 Å². The molecule has 0 saturated heterocycles. The number of amides is 2. The lowest BCUT2D eigenvalue weighted by atomic mass is 10.1. The highest BCUT2D eigenvalue weighted by atomic mass is 35.5. The van der Waals surface area contributed by atoms with Crippen LogP contribution in [0.2, 0.25) is 5.02 Å². The lowest BCUT2D eigenvalue weighted by Crippen LogP contribution is -2.37. The maximum atomic E-state index is 12.4. The molecular formula is C19H19ClN2O3. The van der Waals surface area contributed by atoms with Gasteiger partial charge in [-0.1, -0.05) is 29.8 Å². The fraction of sp³-hybridized carbons (Fsp3) is 0.211. The van der Waals surface area contributed by atoms with Crippen molar-refractivity contribution >= 4 is 40.6 Å². The standard InChI is InChI=1S/C19H19ClN2O3/c1-12-7-8-16(20)10-18(12)22(14(3)24)11-19(25)21-17-6-4-5-15(9-17)13(2)23/h4-10H,11H2,1-3H3,(H,21,25). The van der Waals surface area contributed by atoms with E-state index in [0.29, 0.717) is 22.0 Å². The van der Waals surface area contributed by atoms with Gasteiger partial charge >= 0.3 is 0 Å². The van der Waals surface area contributed by atoms with E-state index in [0.717, 1.165) is 5.56 Å². The summed E-state index contributed by atoms with van der Waals surface area (Å²) >= 11 is 6.01. The van der Waals surface area contributed by atoms with Crippen LogP contribution < -0.4 is 10.2 Å². The summed E-state index contributed by atoms with van der Waals surface area (Å²) in [5.41, 5.74) is 2.44. The molecule has 0 fully saturated rings. The molecule has 0 spiro atoms. The summed E-state index contributed by atoms with van der Waals surface area (Å²) in [6.45, 7) is 4.54. The van der Waals surface area contributed by atoms with Gasteiger partial charge in [-0.25, -0.2) is 0 Å². The second kappa shape index (κ2) is 7.94. The molecule has 0 radical (unpaired) electrons. The highest BCUT2D eigenvalue weighted by Crippen LogP contribution is 2.24. The fourth-order valence-corrected chi connectivity index (χ4v) is 2.57. The molecule has 0 aliphatic heterocycles. The van der Waals surface area contributed by atoms with E-state index in [-0.39, 0.29) is 24.1 Å². The first-order chi connectivity index (χ1) is 11.8. The highest BCUT2D eigenvalue weighted by Gasteiger charge is 2.18. The van der Waals surface area contributed by atoms with E-state index < -0.39 is 0 Å². The molecule has 0 unspecified atom stereocenters. The average Bonchev–Trinajstić information content (AvgIpc) is 2.55. The normalized spacial score (nSPS) is 10.2. The number of anilines is 2. The Hall–Kier alpha value is -2.66. The largest absolute Gasteiger partial charge is 0.325 e. The summed E-state index contributed by atoms with van der Waals surface area (Å²) in [5.74, 6) is -0.718. The van der Waals surface area contributed by atoms with Crippen LogP contribution in [0.1, 0.15) is 29.8 Å². The molecule has 130 valence electrons. The minimum absolute atomic E-state index is 0.0870. The van der Waals surface area contributed by atoms with Gasteiger partial charge in [0.2, 0.25) is 11.8 Å². The van der Waals surface area contributed by atoms with Gasteiger partial charge in [0.25, 0.3) is 0 Å². The number of halogens is 1. The number of hydrogen-bond donors (Lipinski definition) is 1. The second-order valence-corrected chi connectivity index (χ2v) is 6.16. The quantitative estimate of drug-likeness (QED) is 0.826. The van der Waals surface area contributed by atoms with Crippen molar-refractivity contribution in [3.8, 4) is 0 Å². The Labute approximate surface area is 151 Å². The maximum absolute atomic E-state index is 12.4. The molecule has 0 bridgehead atoms. The molecule has 2 amide bonds. The Balaban J connectivity index is 2.18. The number of rotatable bonds is 5. The fourth-order valence-electron chi connectivity index (χ4n) is 2.40. The molecule has 0 aliphatic rings. The zero-order chi connectivity index (χ0) is 18.6. The Morgan fingerprint density at radius 2 is 1.80 bits per heavy atom. The van der Waals surface area contributed by atoms with Crippen molar-refractivity contribution in [2.24, 2.45) is 0 Å². The molecule has 5 nitrogen and oxygen atoms in total. The summed E-state index contributed by atoms with van der Waals surface area (Å²) < 4.78 is 0. The summed E-state index contributed by atoms with van der Waals surface area (Å²) in [4.78, 5) is 37.1. The van der Waals surface area contributed by atoms with Crippen molar-refractivity contribution < 1.29 is 14.4 Å². The molecule has 0 atom stereocenters. The van der Waals surface area contributed by atoms with E-state index in [9.17, 15) is 14.4 Å². The molecule has 2 aromatic rings. The average molecular weight is 359 g/mol. The van der Waals surface area contributed by atoms with Crippen LogP contribution in [0, 0.1) is 6.92 Å². The van der Waals surface area contributed by atoms with Crippen molar-refractivity contribution in [3.63, 3.8) is 0 Å². The van der Waals surface area contributed by atoms with E-state index in [1.54, 1.807) is 42.5 Å². The van der Waals surface area contributed by atoms with Gasteiger partial charge in [0.05, 0.1) is 0 Å². The van der Waals surface area contributed by atoms with Gasteiger partial charge in [-0.05, 0) is 43.7 Å². The first-order valence-electron chi connectivity index (χ1n) is 7.73. The van der Waals surface area contributed by atoms with E-state index in [1.807, 2.05) is 6.92 Å². The minimum atomic E-state index is -0.365. The predicted molar refractivity (Wildman–Crippen MR) is 99.3 cm³/mol. The van der Waals surface area contributed by atoms with Gasteiger partial charge in [-0.3, -0.25) is 14.4 Å². The molecule has 0 aromatic heterocycles. The van der Waals surface area contributed by atoms with E-state index >= 15 is 0 Å². The third-order valence-corrected chi connectivity index (χ3v) is 3.93. The van der Waals surface area contributed by atoms with Crippen LogP contribution in [0.15, 0.2) is 42.5 Å². The summed E-state index contributed by atoms with van der Waals surface area (Å²) in [7, 11) is 0. The molecule has 0 saturated carbocycles. The molecular weight excluding hydrogens is 340 g/mol. The summed E-state index contributed by atoms with van der Waals surface area (Å²) in [5, 5.41) is 3.20. The molecule has 0 heterocycles. The van der Waals surface area contributed by atoms with Gasteiger partial charge in [0.15, 0.2) is 5.78 Å². The Kier molecular flexibility index (Phi) is 5.93. The van der Waals surface area contributed by atoms with Crippen molar-refractivity contribution in [3.05, 3.63) is 58.6 Å². The van der Waals surface area contributed by atoms with Gasteiger partial charge in [-0.2, -0.15) is 0 Å². The van der Waals surface area contributed by atoms with Crippen molar-refractivity contribution in [2.45, 2.75) is 20.8 Å². The first kappa shape index (κ1) is 18.7. The topological polar surface area (TPSA) is 66.5 Å². The van der Waals surface area contributed by atoms with E-state index in [1.165, 1.54) is 18.7 Å². The van der Waals surface area contributed by atoms with Gasteiger partial charge < -0.3 is 10.2 Å². The van der Waals surface area contributed by atoms with Crippen LogP contribution in [0.3, 0.4) is 0 Å². The highest BCUT2D eigenvalue weighted by molar-refractivity contribution is 6.31. The monoisotopic (exact) mass is 358 g/mol. The Morgan fingerprint density at radius 1 is 1.08 bits per heavy atom. The third kappa shape index (κ3) is 4.90. The van der Waals surface area contributed by atoms with Crippen LogP contribution in [-0.4, -0.2) is 24.1 Å². The number of hydrogen-bond acceptors (Lipinski definition) is 3. The van der Waals surface area contributed by atoms with Crippen molar-refractivity contribution in [2.75, 3.05) is 16.8 Å². The zero-order valence-electron chi connectivity index (χ0n) is 14.3. The lowest BCUT2D eigenvalue weighted by molar-refractivity contribution is -0.120. The van der Waals surface area contributed by atoms with Gasteiger partial charge in [0, 0.05) is 28.9 Å². The SMILES string of the molecule is CC(=O)c1cccc(NC(=O)CN(C(C)=O)c2cc(Cl)ccc2C)c1. The van der Waals surface area contributed by atoms with Crippen LogP contribution in [0.5, 0.6) is 0 Å². The smallest absolute Gasteiger partial charge is 0.244 e. The third-order valence-electron chi connectivity index (χ3n) is 3.70. The lowest BCUT2D eigenvalue weighted by Gasteiger charge is -2.23. The number of aryl methyl sites for hydroxylation is 1. The van der Waals surface area contributed by atoms with Crippen LogP contribution >= 0.6 is 11.6 Å². The predicted octanol–water partition coefficient (Wildman–Crippen LogP) is 3.84. The van der Waals surface area contributed by atoms with Crippen LogP contribution in [-0.2, 0) is 9.59 Å². The second-order valence-electron chi connectivity index (χ2n) is 5.72. The number of nitrogens with one attached hydrogen (secondary N) is 1. The molecule has 6 heteroatoms. The minimum Gasteiger partial charge on any atom is -0.325 e. The van der Waals surface area contributed by atoms with Gasteiger partial charge in [-0.15, -0.1) is 0 Å². The number of benzene rings is 2. The number of ketones is 1. The molecule has 2 rings (SSSR count). The summed E-state index contributed by atoms with van der Waals surface area (Å²) in [6, 6.07) is 11.8. The van der Waals surface area contributed by atoms with E-state index in [2.05, 4.69) is 5.32 Å². The number of Topliss-reactive ketones (excluding diaryl/α,β-unsaturated/α-hetero) is 1. The number of nitrogens with zero attached hydrogens (tertiary/aromatic N) is 1. The Morgan fingerprint density at radius 3 is 2.44 bits per heavy atom. The maximum Gasteiger partial charge on any atom is 0.244 e. The zero-order valence-corrected chi connectivity index (χ0v) is 15.1. The molecule has 2 aromatic carbocycles. The number of carbonyl (C=O) groups is 3. The van der Waals surface area contributed by atoms with Crippen molar-refractivity contribution in [1.82, 2.24) is 0 Å².